The number of hydrogen-bond donors (Lipinski definition) is 0. The number of hydrogen-bond acceptors (Lipinski definition) is 1. The molecule has 3 heterocycles. The zero-order valence-corrected chi connectivity index (χ0v) is 21.4. The fourth-order valence-corrected chi connectivity index (χ4v) is 6.53. The first-order valence-electron chi connectivity index (χ1n) is 13.2. The molecule has 0 atom stereocenters. The molecule has 1 aliphatic heterocycles. The molecular weight excluding hydrogens is 460 g/mol. The molecule has 0 bridgehead atoms. The van der Waals surface area contributed by atoms with Crippen LogP contribution in [0, 0.1) is 0 Å². The number of fused-ring (bicyclic) bond motifs is 6. The van der Waals surface area contributed by atoms with E-state index in [1.165, 1.54) is 60.5 Å². The van der Waals surface area contributed by atoms with Crippen molar-refractivity contribution in [3.8, 4) is 28.1 Å². The van der Waals surface area contributed by atoms with Gasteiger partial charge in [-0.2, -0.15) is 0 Å². The third-order valence-electron chi connectivity index (χ3n) is 8.42. The van der Waals surface area contributed by atoms with Gasteiger partial charge < -0.3 is 4.57 Å². The first kappa shape index (κ1) is 21.4. The Morgan fingerprint density at radius 3 is 2.24 bits per heavy atom. The zero-order valence-electron chi connectivity index (χ0n) is 21.4. The van der Waals surface area contributed by atoms with Crippen molar-refractivity contribution in [2.75, 3.05) is 0 Å². The van der Waals surface area contributed by atoms with Crippen molar-refractivity contribution in [1.29, 1.82) is 0 Å². The molecule has 38 heavy (non-hydrogen) atoms. The van der Waals surface area contributed by atoms with Gasteiger partial charge in [-0.25, -0.2) is 0 Å². The van der Waals surface area contributed by atoms with E-state index in [1.807, 2.05) is 6.20 Å². The summed E-state index contributed by atoms with van der Waals surface area (Å²) in [6.07, 6.45) is 1.91. The van der Waals surface area contributed by atoms with Crippen LogP contribution < -0.4 is 0 Å². The van der Waals surface area contributed by atoms with Crippen LogP contribution in [0.1, 0.15) is 25.0 Å². The van der Waals surface area contributed by atoms with Crippen LogP contribution in [0.4, 0.5) is 0 Å². The second kappa shape index (κ2) is 7.66. The Bertz CT molecular complexity index is 2050. The van der Waals surface area contributed by atoms with Crippen molar-refractivity contribution >= 4 is 32.6 Å². The topological polar surface area (TPSA) is 17.8 Å². The zero-order chi connectivity index (χ0) is 25.4. The van der Waals surface area contributed by atoms with Crippen molar-refractivity contribution in [2.45, 2.75) is 19.3 Å². The maximum atomic E-state index is 4.77. The lowest BCUT2D eigenvalue weighted by molar-refractivity contribution is 0.630. The van der Waals surface area contributed by atoms with Gasteiger partial charge in [0.15, 0.2) is 0 Å². The molecule has 7 aromatic rings. The summed E-state index contributed by atoms with van der Waals surface area (Å²) < 4.78 is 2.47. The van der Waals surface area contributed by atoms with Gasteiger partial charge in [0.2, 0.25) is 0 Å². The normalized spacial score (nSPS) is 13.7. The highest BCUT2D eigenvalue weighted by atomic mass is 15.0. The van der Waals surface area contributed by atoms with Gasteiger partial charge in [0, 0.05) is 33.3 Å². The summed E-state index contributed by atoms with van der Waals surface area (Å²) in [5.74, 6) is 0. The first-order valence-corrected chi connectivity index (χ1v) is 13.2. The maximum Gasteiger partial charge on any atom is 0.0780 e. The van der Waals surface area contributed by atoms with Crippen molar-refractivity contribution in [3.63, 3.8) is 0 Å². The second-order valence-corrected chi connectivity index (χ2v) is 10.9. The molecule has 0 radical (unpaired) electrons. The molecule has 2 nitrogen and oxygen atoms in total. The molecule has 0 spiro atoms. The molecule has 1 aliphatic rings. The van der Waals surface area contributed by atoms with E-state index < -0.39 is 0 Å². The van der Waals surface area contributed by atoms with Gasteiger partial charge in [-0.3, -0.25) is 4.98 Å². The lowest BCUT2D eigenvalue weighted by Gasteiger charge is -2.35. The van der Waals surface area contributed by atoms with E-state index in [-0.39, 0.29) is 5.41 Å². The van der Waals surface area contributed by atoms with E-state index >= 15 is 0 Å². The van der Waals surface area contributed by atoms with Gasteiger partial charge in [-0.15, -0.1) is 0 Å². The molecule has 0 fully saturated rings. The Morgan fingerprint density at radius 2 is 1.32 bits per heavy atom. The lowest BCUT2D eigenvalue weighted by atomic mass is 9.74. The Labute approximate surface area is 221 Å². The average molecular weight is 487 g/mol. The van der Waals surface area contributed by atoms with Crippen LogP contribution in [0.2, 0.25) is 0 Å². The van der Waals surface area contributed by atoms with Crippen LogP contribution >= 0.6 is 0 Å². The lowest BCUT2D eigenvalue weighted by Crippen LogP contribution is -2.26. The minimum atomic E-state index is -0.121. The number of benzene rings is 5. The molecule has 0 saturated heterocycles. The molecule has 0 saturated carbocycles. The Morgan fingerprint density at radius 1 is 0.579 bits per heavy atom. The van der Waals surface area contributed by atoms with Crippen LogP contribution in [0.3, 0.4) is 0 Å². The third kappa shape index (κ3) is 2.86. The minimum Gasteiger partial charge on any atom is -0.309 e. The summed E-state index contributed by atoms with van der Waals surface area (Å²) in [7, 11) is 0. The average Bonchev–Trinajstić information content (AvgIpc) is 3.31. The van der Waals surface area contributed by atoms with Gasteiger partial charge in [0.25, 0.3) is 0 Å². The standard InChI is InChI=1S/C36H26N2/c1-36(2)30-15-8-14-29-28-13-5-6-16-32(28)38(35(29)30)33-18-17-25(22-31(33)36)24-10-7-11-26(21-24)34-27-12-4-3-9-23(27)19-20-37-34/h3-22H,1-2H3. The second-order valence-electron chi connectivity index (χ2n) is 10.9. The predicted molar refractivity (Wildman–Crippen MR) is 159 cm³/mol. The van der Waals surface area contributed by atoms with Crippen LogP contribution in [0.25, 0.3) is 60.6 Å². The summed E-state index contributed by atoms with van der Waals surface area (Å²) in [4.78, 5) is 4.77. The molecule has 0 N–H and O–H groups in total. The number of nitrogens with zero attached hydrogens (tertiary/aromatic N) is 2. The summed E-state index contributed by atoms with van der Waals surface area (Å²) in [5, 5.41) is 5.03. The van der Waals surface area contributed by atoms with Gasteiger partial charge in [0.05, 0.1) is 22.4 Å². The molecule has 2 heteroatoms. The van der Waals surface area contributed by atoms with E-state index in [0.29, 0.717) is 0 Å². The van der Waals surface area contributed by atoms with Crippen LogP contribution in [-0.2, 0) is 5.41 Å². The van der Waals surface area contributed by atoms with E-state index in [4.69, 9.17) is 4.98 Å². The van der Waals surface area contributed by atoms with Crippen molar-refractivity contribution < 1.29 is 0 Å². The number of rotatable bonds is 2. The summed E-state index contributed by atoms with van der Waals surface area (Å²) in [6.45, 7) is 4.73. The Hall–Kier alpha value is -4.69. The predicted octanol–water partition coefficient (Wildman–Crippen LogP) is 9.31. The summed E-state index contributed by atoms with van der Waals surface area (Å²) in [6, 6.07) is 41.9. The monoisotopic (exact) mass is 486 g/mol. The molecule has 8 rings (SSSR count). The highest BCUT2D eigenvalue weighted by Gasteiger charge is 2.35. The number of aromatic nitrogens is 2. The molecule has 0 amide bonds. The smallest absolute Gasteiger partial charge is 0.0780 e. The van der Waals surface area contributed by atoms with Crippen molar-refractivity contribution in [3.05, 3.63) is 133 Å². The van der Waals surface area contributed by atoms with E-state index in [1.54, 1.807) is 0 Å². The number of pyridine rings is 1. The summed E-state index contributed by atoms with van der Waals surface area (Å²) in [5.41, 5.74) is 11.1. The minimum absolute atomic E-state index is 0.121. The molecule has 0 unspecified atom stereocenters. The van der Waals surface area contributed by atoms with E-state index in [0.717, 1.165) is 11.3 Å². The van der Waals surface area contributed by atoms with E-state index in [2.05, 4.69) is 134 Å². The SMILES string of the molecule is CC1(C)c2cc(-c3cccc(-c4nccc5ccccc45)c3)ccc2-n2c3ccccc3c3cccc1c32. The Kier molecular flexibility index (Phi) is 4.31. The maximum absolute atomic E-state index is 4.77. The van der Waals surface area contributed by atoms with Crippen molar-refractivity contribution in [1.82, 2.24) is 9.55 Å². The quantitative estimate of drug-likeness (QED) is 0.238. The molecule has 0 aliphatic carbocycles. The van der Waals surface area contributed by atoms with E-state index in [9.17, 15) is 0 Å². The van der Waals surface area contributed by atoms with Crippen LogP contribution in [-0.4, -0.2) is 9.55 Å². The van der Waals surface area contributed by atoms with Crippen molar-refractivity contribution in [2.24, 2.45) is 0 Å². The fourth-order valence-electron chi connectivity index (χ4n) is 6.53. The van der Waals surface area contributed by atoms with Gasteiger partial charge in [-0.1, -0.05) is 98.8 Å². The van der Waals surface area contributed by atoms with Crippen LogP contribution in [0.15, 0.2) is 121 Å². The largest absolute Gasteiger partial charge is 0.309 e. The summed E-state index contributed by atoms with van der Waals surface area (Å²) >= 11 is 0. The van der Waals surface area contributed by atoms with Gasteiger partial charge in [0.1, 0.15) is 0 Å². The van der Waals surface area contributed by atoms with Gasteiger partial charge >= 0.3 is 0 Å². The molecule has 2 aromatic heterocycles. The van der Waals surface area contributed by atoms with Gasteiger partial charge in [-0.05, 0) is 58.0 Å². The molecule has 180 valence electrons. The highest BCUT2D eigenvalue weighted by Crippen LogP contribution is 2.48. The molecule has 5 aromatic carbocycles. The third-order valence-corrected chi connectivity index (χ3v) is 8.42. The number of para-hydroxylation sites is 2. The molecular formula is C36H26N2. The fraction of sp³-hybridized carbons (Fsp3) is 0.0833. The first-order chi connectivity index (χ1) is 18.6. The highest BCUT2D eigenvalue weighted by molar-refractivity contribution is 6.11. The Balaban J connectivity index is 1.34. The van der Waals surface area contributed by atoms with Crippen LogP contribution in [0.5, 0.6) is 0 Å².